The van der Waals surface area contributed by atoms with Crippen LogP contribution in [0.2, 0.25) is 0 Å². The number of aliphatic imine (C=N–C) groups is 1. The molecule has 6 nitrogen and oxygen atoms in total. The molecule has 0 aliphatic carbocycles. The molecule has 1 aromatic rings. The molecule has 0 aliphatic heterocycles. The lowest BCUT2D eigenvalue weighted by molar-refractivity contribution is 0.408. The van der Waals surface area contributed by atoms with Gasteiger partial charge in [-0.2, -0.15) is 0 Å². The number of benzene rings is 1. The maximum absolute atomic E-state index is 12.1. The number of sulfone groups is 1. The Balaban J connectivity index is 0.00000576. The van der Waals surface area contributed by atoms with Gasteiger partial charge in [-0.25, -0.2) is 8.42 Å². The van der Waals surface area contributed by atoms with Crippen molar-refractivity contribution >= 4 is 39.8 Å². The van der Waals surface area contributed by atoms with Crippen LogP contribution in [0.5, 0.6) is 5.75 Å². The molecule has 0 bridgehead atoms. The fourth-order valence-corrected chi connectivity index (χ4v) is 2.99. The minimum Gasteiger partial charge on any atom is -0.496 e. The van der Waals surface area contributed by atoms with Gasteiger partial charge in [-0.3, -0.25) is 4.99 Å². The highest BCUT2D eigenvalue weighted by Gasteiger charge is 2.28. The lowest BCUT2D eigenvalue weighted by Crippen LogP contribution is -2.41. The van der Waals surface area contributed by atoms with Crippen LogP contribution < -0.4 is 15.4 Å². The third kappa shape index (κ3) is 7.39. The van der Waals surface area contributed by atoms with E-state index in [1.807, 2.05) is 25.1 Å². The van der Waals surface area contributed by atoms with Crippen LogP contribution in [-0.2, 0) is 16.4 Å². The summed E-state index contributed by atoms with van der Waals surface area (Å²) in [4.78, 5) is 4.12. The molecule has 0 aromatic heterocycles. The predicted octanol–water partition coefficient (Wildman–Crippen LogP) is 2.50. The van der Waals surface area contributed by atoms with E-state index in [2.05, 4.69) is 15.6 Å². The van der Waals surface area contributed by atoms with Gasteiger partial charge in [0.2, 0.25) is 0 Å². The number of guanidine groups is 1. The Hall–Kier alpha value is -1.03. The summed E-state index contributed by atoms with van der Waals surface area (Å²) < 4.78 is 28.8. The molecule has 0 saturated carbocycles. The number of nitrogens with zero attached hydrogens (tertiary/aromatic N) is 1. The minimum atomic E-state index is -3.15. The van der Waals surface area contributed by atoms with Gasteiger partial charge in [0.15, 0.2) is 15.8 Å². The van der Waals surface area contributed by atoms with E-state index in [1.165, 1.54) is 0 Å². The van der Waals surface area contributed by atoms with E-state index in [0.717, 1.165) is 16.9 Å². The first-order valence-corrected chi connectivity index (χ1v) is 9.56. The molecule has 1 rings (SSSR count). The smallest absolute Gasteiger partial charge is 0.191 e. The van der Waals surface area contributed by atoms with Crippen LogP contribution in [0.3, 0.4) is 0 Å². The molecule has 0 fully saturated rings. The summed E-state index contributed by atoms with van der Waals surface area (Å²) in [5.74, 6) is 1.43. The second-order valence-corrected chi connectivity index (χ2v) is 9.46. The fraction of sp³-hybridized carbons (Fsp3) is 0.588. The van der Waals surface area contributed by atoms with Crippen LogP contribution in [0, 0.1) is 6.92 Å². The lowest BCUT2D eigenvalue weighted by atomic mass is 10.1. The first-order valence-electron chi connectivity index (χ1n) is 7.91. The second-order valence-electron chi connectivity index (χ2n) is 6.60. The molecular weight excluding hydrogens is 453 g/mol. The molecule has 0 amide bonds. The Morgan fingerprint density at radius 2 is 1.88 bits per heavy atom. The molecule has 0 spiro atoms. The van der Waals surface area contributed by atoms with Crippen molar-refractivity contribution in [3.63, 3.8) is 0 Å². The monoisotopic (exact) mass is 483 g/mol. The first kappa shape index (κ1) is 24.0. The van der Waals surface area contributed by atoms with Crippen LogP contribution in [0.4, 0.5) is 0 Å². The average molecular weight is 483 g/mol. The van der Waals surface area contributed by atoms with Gasteiger partial charge in [-0.1, -0.05) is 12.1 Å². The third-order valence-corrected chi connectivity index (χ3v) is 6.32. The summed E-state index contributed by atoms with van der Waals surface area (Å²) in [5, 5.41) is 6.20. The van der Waals surface area contributed by atoms with Crippen molar-refractivity contribution in [3.8, 4) is 5.75 Å². The zero-order valence-electron chi connectivity index (χ0n) is 15.8. The molecule has 2 N–H and O–H groups in total. The zero-order valence-corrected chi connectivity index (χ0v) is 19.0. The highest BCUT2D eigenvalue weighted by atomic mass is 127. The Labute approximate surface area is 168 Å². The summed E-state index contributed by atoms with van der Waals surface area (Å²) in [6.45, 7) is 7.98. The van der Waals surface area contributed by atoms with E-state index >= 15 is 0 Å². The Kier molecular flexibility index (Phi) is 9.78. The highest BCUT2D eigenvalue weighted by molar-refractivity contribution is 14.0. The second kappa shape index (κ2) is 10.2. The van der Waals surface area contributed by atoms with Crippen molar-refractivity contribution in [2.24, 2.45) is 4.99 Å². The van der Waals surface area contributed by atoms with Crippen LogP contribution in [0.15, 0.2) is 23.2 Å². The van der Waals surface area contributed by atoms with Crippen molar-refractivity contribution in [1.82, 2.24) is 10.6 Å². The summed E-state index contributed by atoms with van der Waals surface area (Å²) in [7, 11) is 0.145. The standard InChI is InChI=1S/C17H29N3O3S.HI/c1-13-7-8-14(15(11-13)23-6)12-20-16(18-5)19-9-10-24(21,22)17(2,3)4;/h7-8,11H,9-10,12H2,1-6H3,(H2,18,19,20);1H. The summed E-state index contributed by atoms with van der Waals surface area (Å²) >= 11 is 0. The molecule has 0 heterocycles. The van der Waals surface area contributed by atoms with E-state index in [-0.39, 0.29) is 29.7 Å². The number of nitrogens with one attached hydrogen (secondary N) is 2. The molecule has 0 saturated heterocycles. The van der Waals surface area contributed by atoms with Crippen LogP contribution >= 0.6 is 24.0 Å². The lowest BCUT2D eigenvalue weighted by Gasteiger charge is -2.20. The molecule has 0 aliphatic rings. The fourth-order valence-electron chi connectivity index (χ4n) is 2.01. The molecule has 0 atom stereocenters. The van der Waals surface area contributed by atoms with Gasteiger partial charge in [-0.15, -0.1) is 24.0 Å². The highest BCUT2D eigenvalue weighted by Crippen LogP contribution is 2.19. The molecule has 8 heteroatoms. The SMILES string of the molecule is CN=C(NCCS(=O)(=O)C(C)(C)C)NCc1ccc(C)cc1OC.I. The van der Waals surface area contributed by atoms with E-state index < -0.39 is 14.6 Å². The number of methoxy groups -OCH3 is 1. The third-order valence-electron chi connectivity index (χ3n) is 3.71. The summed E-state index contributed by atoms with van der Waals surface area (Å²) in [5.41, 5.74) is 2.14. The maximum atomic E-state index is 12.1. The van der Waals surface area contributed by atoms with Gasteiger partial charge >= 0.3 is 0 Å². The van der Waals surface area contributed by atoms with Gasteiger partial charge in [0, 0.05) is 25.7 Å². The van der Waals surface area contributed by atoms with Crippen molar-refractivity contribution in [2.45, 2.75) is 39.0 Å². The van der Waals surface area contributed by atoms with Crippen molar-refractivity contribution < 1.29 is 13.2 Å². The van der Waals surface area contributed by atoms with E-state index in [0.29, 0.717) is 19.0 Å². The number of halogens is 1. The van der Waals surface area contributed by atoms with E-state index in [9.17, 15) is 8.42 Å². The number of rotatable bonds is 6. The number of hydrogen-bond acceptors (Lipinski definition) is 4. The van der Waals surface area contributed by atoms with Crippen LogP contribution in [0.25, 0.3) is 0 Å². The van der Waals surface area contributed by atoms with Crippen molar-refractivity contribution in [2.75, 3.05) is 26.5 Å². The van der Waals surface area contributed by atoms with Crippen molar-refractivity contribution in [3.05, 3.63) is 29.3 Å². The number of hydrogen-bond donors (Lipinski definition) is 2. The van der Waals surface area contributed by atoms with Crippen molar-refractivity contribution in [1.29, 1.82) is 0 Å². The van der Waals surface area contributed by atoms with Gasteiger partial charge in [-0.05, 0) is 39.3 Å². The average Bonchev–Trinajstić information content (AvgIpc) is 2.50. The summed E-state index contributed by atoms with van der Waals surface area (Å²) in [6.07, 6.45) is 0. The zero-order chi connectivity index (χ0) is 18.4. The first-order chi connectivity index (χ1) is 11.1. The largest absolute Gasteiger partial charge is 0.496 e. The van der Waals surface area contributed by atoms with Gasteiger partial charge in [0.1, 0.15) is 5.75 Å². The molecule has 1 aromatic carbocycles. The molecule has 0 radical (unpaired) electrons. The molecule has 144 valence electrons. The Morgan fingerprint density at radius 3 is 2.40 bits per heavy atom. The maximum Gasteiger partial charge on any atom is 0.191 e. The minimum absolute atomic E-state index is 0. The number of aryl methyl sites for hydroxylation is 1. The van der Waals surface area contributed by atoms with Gasteiger partial charge in [0.05, 0.1) is 17.6 Å². The molecular formula is C17H30IN3O3S. The van der Waals surface area contributed by atoms with Gasteiger partial charge in [0.25, 0.3) is 0 Å². The topological polar surface area (TPSA) is 79.8 Å². The van der Waals surface area contributed by atoms with Crippen LogP contribution in [0.1, 0.15) is 31.9 Å². The van der Waals surface area contributed by atoms with E-state index in [1.54, 1.807) is 34.9 Å². The summed E-state index contributed by atoms with van der Waals surface area (Å²) in [6, 6.07) is 5.99. The molecule has 25 heavy (non-hydrogen) atoms. The quantitative estimate of drug-likeness (QED) is 0.369. The van der Waals surface area contributed by atoms with Gasteiger partial charge < -0.3 is 15.4 Å². The number of ether oxygens (including phenoxy) is 1. The van der Waals surface area contributed by atoms with Crippen LogP contribution in [-0.4, -0.2) is 45.6 Å². The Morgan fingerprint density at radius 1 is 1.24 bits per heavy atom. The predicted molar refractivity (Wildman–Crippen MR) is 115 cm³/mol. The molecule has 0 unspecified atom stereocenters. The normalized spacial score (nSPS) is 12.3. The Bertz CT molecular complexity index is 683. The van der Waals surface area contributed by atoms with E-state index in [4.69, 9.17) is 4.74 Å².